The lowest BCUT2D eigenvalue weighted by molar-refractivity contribution is -0.0419. The molecule has 10 heteroatoms. The third-order valence-electron chi connectivity index (χ3n) is 5.87. The predicted octanol–water partition coefficient (Wildman–Crippen LogP) is 3.11. The number of fused-ring (bicyclic) bond motifs is 1. The zero-order valence-electron chi connectivity index (χ0n) is 19.8. The Morgan fingerprint density at radius 3 is 2.62 bits per heavy atom. The fourth-order valence-corrected chi connectivity index (χ4v) is 4.16. The average molecular weight is 465 g/mol. The minimum atomic E-state index is -1.15. The van der Waals surface area contributed by atoms with Gasteiger partial charge in [-0.1, -0.05) is 18.2 Å². The molecule has 0 aliphatic carbocycles. The first kappa shape index (κ1) is 23.4. The van der Waals surface area contributed by atoms with Crippen LogP contribution in [0.25, 0.3) is 27.1 Å². The molecule has 3 heterocycles. The fraction of sp³-hybridized carbons (Fsp3) is 0.458. The Labute approximate surface area is 197 Å². The van der Waals surface area contributed by atoms with Gasteiger partial charge in [0.2, 0.25) is 0 Å². The van der Waals surface area contributed by atoms with Gasteiger partial charge in [-0.05, 0) is 45.2 Å². The van der Waals surface area contributed by atoms with Gasteiger partial charge < -0.3 is 14.7 Å². The van der Waals surface area contributed by atoms with Crippen molar-refractivity contribution in [3.05, 3.63) is 52.4 Å². The van der Waals surface area contributed by atoms with Crippen LogP contribution in [0, 0.1) is 6.57 Å². The average Bonchev–Trinajstić information content (AvgIpc) is 3.11. The van der Waals surface area contributed by atoms with Crippen LogP contribution in [-0.2, 0) is 18.3 Å². The first-order valence-electron chi connectivity index (χ1n) is 11.1. The second-order valence-corrected chi connectivity index (χ2v) is 9.70. The molecule has 0 unspecified atom stereocenters. The van der Waals surface area contributed by atoms with Crippen molar-refractivity contribution in [3.8, 4) is 11.3 Å². The summed E-state index contributed by atoms with van der Waals surface area (Å²) in [5, 5.41) is 15.5. The lowest BCUT2D eigenvalue weighted by atomic mass is 9.91. The Morgan fingerprint density at radius 1 is 1.26 bits per heavy atom. The molecule has 178 valence electrons. The molecular weight excluding hydrogens is 436 g/mol. The molecule has 1 amide bonds. The molecule has 1 aliphatic rings. The van der Waals surface area contributed by atoms with Crippen molar-refractivity contribution >= 4 is 22.8 Å². The highest BCUT2D eigenvalue weighted by Gasteiger charge is 2.36. The SMILES string of the molecule is [C-]#[N+]c1cccc(-c2c3ncn(CC4(O)CCN(C(=O)OC(C)(C)C)CC4)c(=O)c3nn2C)c1. The third kappa shape index (κ3) is 4.65. The standard InChI is InChI=1S/C24H28N6O4/c1-23(2,3)34-22(32)29-11-9-24(33,10-12-29)14-30-15-26-18-19(21(30)31)27-28(5)20(18)16-7-6-8-17(13-16)25-4/h6-8,13,15,33H,9-12,14H2,1-3,5H3. The molecule has 1 fully saturated rings. The maximum Gasteiger partial charge on any atom is 0.410 e. The largest absolute Gasteiger partial charge is 0.444 e. The van der Waals surface area contributed by atoms with E-state index in [1.165, 1.54) is 10.9 Å². The second-order valence-electron chi connectivity index (χ2n) is 9.70. The summed E-state index contributed by atoms with van der Waals surface area (Å²) >= 11 is 0. The smallest absolute Gasteiger partial charge is 0.410 e. The quantitative estimate of drug-likeness (QED) is 0.597. The number of carbonyl (C=O) groups is 1. The summed E-state index contributed by atoms with van der Waals surface area (Å²) in [5.41, 5.74) is 0.430. The molecule has 1 aromatic carbocycles. The van der Waals surface area contributed by atoms with E-state index in [0.29, 0.717) is 42.8 Å². The third-order valence-corrected chi connectivity index (χ3v) is 5.87. The van der Waals surface area contributed by atoms with Gasteiger partial charge in [-0.15, -0.1) is 0 Å². The van der Waals surface area contributed by atoms with E-state index < -0.39 is 17.3 Å². The zero-order chi connectivity index (χ0) is 24.7. The van der Waals surface area contributed by atoms with Crippen molar-refractivity contribution in [1.82, 2.24) is 24.2 Å². The van der Waals surface area contributed by atoms with Gasteiger partial charge in [0.05, 0.1) is 30.7 Å². The molecule has 0 atom stereocenters. The first-order valence-corrected chi connectivity index (χ1v) is 11.1. The highest BCUT2D eigenvalue weighted by atomic mass is 16.6. The number of hydrogen-bond acceptors (Lipinski definition) is 6. The van der Waals surface area contributed by atoms with Crippen LogP contribution in [0.15, 0.2) is 35.4 Å². The van der Waals surface area contributed by atoms with Crippen molar-refractivity contribution in [2.24, 2.45) is 7.05 Å². The minimum absolute atomic E-state index is 0.0516. The summed E-state index contributed by atoms with van der Waals surface area (Å²) in [6, 6.07) is 7.07. The number of amides is 1. The van der Waals surface area contributed by atoms with Crippen LogP contribution < -0.4 is 5.56 Å². The van der Waals surface area contributed by atoms with Gasteiger partial charge in [0.1, 0.15) is 11.1 Å². The van der Waals surface area contributed by atoms with Crippen molar-refractivity contribution < 1.29 is 14.6 Å². The van der Waals surface area contributed by atoms with Gasteiger partial charge in [-0.3, -0.25) is 14.0 Å². The Kier molecular flexibility index (Phi) is 5.91. The Balaban J connectivity index is 1.56. The van der Waals surface area contributed by atoms with Gasteiger partial charge in [0.25, 0.3) is 5.56 Å². The molecule has 10 nitrogen and oxygen atoms in total. The van der Waals surface area contributed by atoms with Gasteiger partial charge in [-0.2, -0.15) is 5.10 Å². The predicted molar refractivity (Wildman–Crippen MR) is 126 cm³/mol. The molecule has 1 N–H and O–H groups in total. The normalized spacial score (nSPS) is 15.8. The van der Waals surface area contributed by atoms with Crippen LogP contribution in [0.1, 0.15) is 33.6 Å². The minimum Gasteiger partial charge on any atom is -0.444 e. The molecule has 0 saturated carbocycles. The Hall–Kier alpha value is -3.71. The molecule has 0 spiro atoms. The van der Waals surface area contributed by atoms with E-state index in [1.807, 2.05) is 26.8 Å². The number of ether oxygens (including phenoxy) is 1. The van der Waals surface area contributed by atoms with Crippen LogP contribution >= 0.6 is 0 Å². The summed E-state index contributed by atoms with van der Waals surface area (Å²) in [6.07, 6.45) is 1.65. The first-order chi connectivity index (χ1) is 16.0. The zero-order valence-corrected chi connectivity index (χ0v) is 19.8. The van der Waals surface area contributed by atoms with Crippen LogP contribution in [-0.4, -0.2) is 59.7 Å². The number of benzene rings is 1. The lowest BCUT2D eigenvalue weighted by Crippen LogP contribution is -2.50. The van der Waals surface area contributed by atoms with E-state index in [-0.39, 0.29) is 17.6 Å². The van der Waals surface area contributed by atoms with Crippen molar-refractivity contribution in [2.45, 2.75) is 51.4 Å². The van der Waals surface area contributed by atoms with E-state index in [2.05, 4.69) is 14.9 Å². The highest BCUT2D eigenvalue weighted by molar-refractivity contribution is 5.90. The second kappa shape index (κ2) is 8.57. The van der Waals surface area contributed by atoms with E-state index in [4.69, 9.17) is 11.3 Å². The summed E-state index contributed by atoms with van der Waals surface area (Å²) in [5.74, 6) is 0. The Morgan fingerprint density at radius 2 is 1.97 bits per heavy atom. The molecule has 2 aromatic heterocycles. The van der Waals surface area contributed by atoms with Crippen LogP contribution in [0.4, 0.5) is 10.5 Å². The number of aliphatic hydroxyl groups is 1. The molecule has 0 bridgehead atoms. The van der Waals surface area contributed by atoms with Gasteiger partial charge >= 0.3 is 6.09 Å². The van der Waals surface area contributed by atoms with Crippen molar-refractivity contribution in [2.75, 3.05) is 13.1 Å². The highest BCUT2D eigenvalue weighted by Crippen LogP contribution is 2.29. The van der Waals surface area contributed by atoms with E-state index in [1.54, 1.807) is 34.8 Å². The molecule has 1 aliphatic heterocycles. The molecule has 1 saturated heterocycles. The summed E-state index contributed by atoms with van der Waals surface area (Å²) in [6.45, 7) is 13.4. The number of aryl methyl sites for hydroxylation is 1. The number of piperidine rings is 1. The molecule has 34 heavy (non-hydrogen) atoms. The number of likely N-dealkylation sites (tertiary alicyclic amines) is 1. The van der Waals surface area contributed by atoms with Crippen LogP contribution in [0.5, 0.6) is 0 Å². The number of rotatable bonds is 3. The molecule has 0 radical (unpaired) electrons. The molecule has 4 rings (SSSR count). The summed E-state index contributed by atoms with van der Waals surface area (Å²) in [4.78, 5) is 35.0. The number of carbonyl (C=O) groups excluding carboxylic acids is 1. The number of nitrogens with zero attached hydrogens (tertiary/aromatic N) is 6. The van der Waals surface area contributed by atoms with E-state index in [0.717, 1.165) is 5.56 Å². The van der Waals surface area contributed by atoms with Crippen LogP contribution in [0.2, 0.25) is 0 Å². The lowest BCUT2D eigenvalue weighted by Gasteiger charge is -2.38. The number of aromatic nitrogens is 4. The van der Waals surface area contributed by atoms with E-state index in [9.17, 15) is 14.7 Å². The fourth-order valence-electron chi connectivity index (χ4n) is 4.16. The van der Waals surface area contributed by atoms with Crippen molar-refractivity contribution in [1.29, 1.82) is 0 Å². The van der Waals surface area contributed by atoms with Gasteiger partial charge in [0.15, 0.2) is 11.2 Å². The monoisotopic (exact) mass is 464 g/mol. The van der Waals surface area contributed by atoms with Crippen molar-refractivity contribution in [3.63, 3.8) is 0 Å². The van der Waals surface area contributed by atoms with Gasteiger partial charge in [-0.25, -0.2) is 14.6 Å². The summed E-state index contributed by atoms with van der Waals surface area (Å²) in [7, 11) is 1.73. The summed E-state index contributed by atoms with van der Waals surface area (Å²) < 4.78 is 8.37. The van der Waals surface area contributed by atoms with Gasteiger partial charge in [0, 0.05) is 20.1 Å². The molecule has 3 aromatic rings. The maximum atomic E-state index is 13.2. The van der Waals surface area contributed by atoms with Crippen LogP contribution in [0.3, 0.4) is 0 Å². The molecular formula is C24H28N6O4. The van der Waals surface area contributed by atoms with E-state index >= 15 is 0 Å². The topological polar surface area (TPSA) is 107 Å². The number of hydrogen-bond donors (Lipinski definition) is 1. The Bertz CT molecular complexity index is 1340. The maximum absolute atomic E-state index is 13.2.